The van der Waals surface area contributed by atoms with Crippen molar-refractivity contribution in [2.45, 2.75) is 58.7 Å². The molecule has 0 saturated carbocycles. The second-order valence-corrected chi connectivity index (χ2v) is 8.70. The van der Waals surface area contributed by atoms with Gasteiger partial charge in [-0.15, -0.1) is 0 Å². The van der Waals surface area contributed by atoms with Gasteiger partial charge in [0.2, 0.25) is 0 Å². The fourth-order valence-corrected chi connectivity index (χ4v) is 3.85. The molecule has 2 atom stereocenters. The van der Waals surface area contributed by atoms with Crippen LogP contribution < -0.4 is 9.47 Å². The average molecular weight is 449 g/mol. The van der Waals surface area contributed by atoms with Crippen molar-refractivity contribution in [1.29, 1.82) is 0 Å². The molecule has 0 saturated heterocycles. The van der Waals surface area contributed by atoms with Crippen LogP contribution >= 0.6 is 0 Å². The molecule has 0 aliphatic rings. The van der Waals surface area contributed by atoms with Crippen LogP contribution in [0.15, 0.2) is 66.7 Å². The van der Waals surface area contributed by atoms with Gasteiger partial charge in [0.15, 0.2) is 0 Å². The van der Waals surface area contributed by atoms with Crippen LogP contribution in [0.1, 0.15) is 45.1 Å². The van der Waals surface area contributed by atoms with E-state index in [-0.39, 0.29) is 12.2 Å². The zero-order valence-corrected chi connectivity index (χ0v) is 20.0. The highest BCUT2D eigenvalue weighted by atomic mass is 16.5. The third-order valence-corrected chi connectivity index (χ3v) is 5.64. The molecule has 0 aliphatic heterocycles. The fraction of sp³-hybridized carbons (Fsp3) is 0.379. The van der Waals surface area contributed by atoms with Gasteiger partial charge in [0.25, 0.3) is 0 Å². The van der Waals surface area contributed by atoms with Crippen LogP contribution in [-0.2, 0) is 0 Å². The van der Waals surface area contributed by atoms with E-state index >= 15 is 0 Å². The maximum absolute atomic E-state index is 9.48. The van der Waals surface area contributed by atoms with Gasteiger partial charge in [0, 0.05) is 11.1 Å². The summed E-state index contributed by atoms with van der Waals surface area (Å²) < 4.78 is 12.1. The Hall–Kier alpha value is -2.82. The van der Waals surface area contributed by atoms with Crippen molar-refractivity contribution in [3.05, 3.63) is 72.3 Å². The Bertz CT molecular complexity index is 993. The number of aliphatic hydroxyl groups is 2. The van der Waals surface area contributed by atoms with Crippen LogP contribution in [0.3, 0.4) is 0 Å². The van der Waals surface area contributed by atoms with E-state index in [0.29, 0.717) is 13.2 Å². The number of hydrogen-bond donors (Lipinski definition) is 2. The van der Waals surface area contributed by atoms with Gasteiger partial charge in [0.05, 0.1) is 25.4 Å². The Balaban J connectivity index is 1.76. The number of para-hydroxylation sites is 2. The summed E-state index contributed by atoms with van der Waals surface area (Å²) in [6, 6.07) is 22.7. The molecule has 0 spiro atoms. The van der Waals surface area contributed by atoms with E-state index in [1.165, 1.54) is 0 Å². The van der Waals surface area contributed by atoms with Crippen molar-refractivity contribution < 1.29 is 19.7 Å². The second-order valence-electron chi connectivity index (χ2n) is 8.70. The summed E-state index contributed by atoms with van der Waals surface area (Å²) in [5.74, 6) is 1.76. The molecule has 2 N–H and O–H groups in total. The summed E-state index contributed by atoms with van der Waals surface area (Å²) in [6.07, 6.45) is 2.50. The van der Waals surface area contributed by atoms with Crippen molar-refractivity contribution >= 4 is 0 Å². The third-order valence-electron chi connectivity index (χ3n) is 5.64. The zero-order chi connectivity index (χ0) is 23.6. The molecule has 4 heteroatoms. The predicted octanol–water partition coefficient (Wildman–Crippen LogP) is 6.41. The molecule has 0 fully saturated rings. The molecule has 3 rings (SSSR count). The first-order valence-electron chi connectivity index (χ1n) is 11.9. The van der Waals surface area contributed by atoms with Gasteiger partial charge in [-0.25, -0.2) is 0 Å². The Labute approximate surface area is 197 Å². The normalized spacial score (nSPS) is 12.9. The van der Waals surface area contributed by atoms with E-state index in [4.69, 9.17) is 9.47 Å². The molecule has 3 aromatic rings. The Kier molecular flexibility index (Phi) is 9.35. The fourth-order valence-electron chi connectivity index (χ4n) is 3.85. The summed E-state index contributed by atoms with van der Waals surface area (Å²) in [5, 5.41) is 18.9. The van der Waals surface area contributed by atoms with Crippen LogP contribution in [0, 0.1) is 6.92 Å². The molecule has 4 nitrogen and oxygen atoms in total. The van der Waals surface area contributed by atoms with Crippen LogP contribution in [-0.4, -0.2) is 35.6 Å². The topological polar surface area (TPSA) is 58.9 Å². The van der Waals surface area contributed by atoms with E-state index in [1.807, 2.05) is 18.2 Å². The molecule has 0 bridgehead atoms. The summed E-state index contributed by atoms with van der Waals surface area (Å²) in [6.45, 7) is 6.84. The van der Waals surface area contributed by atoms with E-state index < -0.39 is 0 Å². The number of aliphatic hydroxyl groups excluding tert-OH is 2. The van der Waals surface area contributed by atoms with E-state index in [1.54, 1.807) is 13.8 Å². The molecule has 176 valence electrons. The molecule has 0 aromatic heterocycles. The molecular weight excluding hydrogens is 412 g/mol. The van der Waals surface area contributed by atoms with Crippen molar-refractivity contribution in [2.24, 2.45) is 0 Å². The van der Waals surface area contributed by atoms with Crippen molar-refractivity contribution in [2.75, 3.05) is 13.2 Å². The van der Waals surface area contributed by atoms with E-state index in [9.17, 15) is 10.2 Å². The lowest BCUT2D eigenvalue weighted by Crippen LogP contribution is -2.05. The van der Waals surface area contributed by atoms with Gasteiger partial charge in [-0.2, -0.15) is 0 Å². The van der Waals surface area contributed by atoms with Gasteiger partial charge in [0.1, 0.15) is 11.5 Å². The maximum Gasteiger partial charge on any atom is 0.130 e. The third kappa shape index (κ3) is 7.34. The highest BCUT2D eigenvalue weighted by Crippen LogP contribution is 2.36. The largest absolute Gasteiger partial charge is 0.493 e. The summed E-state index contributed by atoms with van der Waals surface area (Å²) in [7, 11) is 0. The van der Waals surface area contributed by atoms with Crippen LogP contribution in [0.5, 0.6) is 11.5 Å². The lowest BCUT2D eigenvalue weighted by Gasteiger charge is -2.16. The van der Waals surface area contributed by atoms with Crippen LogP contribution in [0.4, 0.5) is 0 Å². The average Bonchev–Trinajstić information content (AvgIpc) is 2.80. The molecule has 0 heterocycles. The number of benzene rings is 3. The number of aryl methyl sites for hydroxylation is 1. The Morgan fingerprint density at radius 1 is 0.667 bits per heavy atom. The maximum atomic E-state index is 9.48. The van der Waals surface area contributed by atoms with Gasteiger partial charge in [-0.3, -0.25) is 0 Å². The minimum atomic E-state index is -0.303. The minimum absolute atomic E-state index is 0.301. The predicted molar refractivity (Wildman–Crippen MR) is 135 cm³/mol. The zero-order valence-electron chi connectivity index (χ0n) is 20.0. The van der Waals surface area contributed by atoms with Crippen LogP contribution in [0.25, 0.3) is 22.3 Å². The second kappa shape index (κ2) is 12.4. The molecule has 0 radical (unpaired) electrons. The Morgan fingerprint density at radius 2 is 1.21 bits per heavy atom. The first kappa shape index (κ1) is 24.8. The van der Waals surface area contributed by atoms with Gasteiger partial charge in [-0.05, 0) is 69.2 Å². The lowest BCUT2D eigenvalue weighted by atomic mass is 9.98. The van der Waals surface area contributed by atoms with E-state index in [0.717, 1.165) is 65.0 Å². The van der Waals surface area contributed by atoms with Crippen LogP contribution in [0.2, 0.25) is 0 Å². The van der Waals surface area contributed by atoms with Crippen molar-refractivity contribution in [3.63, 3.8) is 0 Å². The molecule has 2 unspecified atom stereocenters. The summed E-state index contributed by atoms with van der Waals surface area (Å²) >= 11 is 0. The van der Waals surface area contributed by atoms with Gasteiger partial charge < -0.3 is 19.7 Å². The highest BCUT2D eigenvalue weighted by molar-refractivity contribution is 5.77. The van der Waals surface area contributed by atoms with Crippen molar-refractivity contribution in [1.82, 2.24) is 0 Å². The minimum Gasteiger partial charge on any atom is -0.493 e. The molecule has 33 heavy (non-hydrogen) atoms. The first-order chi connectivity index (χ1) is 16.0. The molecule has 3 aromatic carbocycles. The number of rotatable bonds is 12. The highest BCUT2D eigenvalue weighted by Gasteiger charge is 2.11. The molecule has 0 aliphatic carbocycles. The molecule has 0 amide bonds. The summed E-state index contributed by atoms with van der Waals surface area (Å²) in [4.78, 5) is 0. The van der Waals surface area contributed by atoms with Crippen molar-refractivity contribution in [3.8, 4) is 33.8 Å². The number of hydrogen-bond acceptors (Lipinski definition) is 4. The van der Waals surface area contributed by atoms with E-state index in [2.05, 4.69) is 55.5 Å². The number of ether oxygens (including phenoxy) is 2. The smallest absolute Gasteiger partial charge is 0.130 e. The molecular formula is C29H36O4. The van der Waals surface area contributed by atoms with Gasteiger partial charge >= 0.3 is 0 Å². The van der Waals surface area contributed by atoms with Gasteiger partial charge in [-0.1, -0.05) is 60.7 Å². The lowest BCUT2D eigenvalue weighted by molar-refractivity contribution is 0.170. The monoisotopic (exact) mass is 448 g/mol. The quantitative estimate of drug-likeness (QED) is 0.314. The first-order valence-corrected chi connectivity index (χ1v) is 11.9. The summed E-state index contributed by atoms with van der Waals surface area (Å²) in [5.41, 5.74) is 5.42. The SMILES string of the molecule is Cc1cccc(-c2ccc(-c3ccccc3OCCCC(C)O)cc2)c1OCCCC(C)O. The standard InChI is InChI=1S/C29H36O4/c1-21-9-6-13-27(29(21)33-20-8-11-23(3)31)25-17-15-24(16-18-25)26-12-4-5-14-28(26)32-19-7-10-22(2)30/h4-6,9,12-18,22-23,30-31H,7-8,10-11,19-20H2,1-3H3. The Morgan fingerprint density at radius 3 is 1.85 bits per heavy atom.